The van der Waals surface area contributed by atoms with E-state index in [1.54, 1.807) is 0 Å². The van der Waals surface area contributed by atoms with Crippen molar-refractivity contribution in [2.45, 2.75) is 18.7 Å². The molecule has 0 bridgehead atoms. The second-order valence-electron chi connectivity index (χ2n) is 4.30. The van der Waals surface area contributed by atoms with Crippen molar-refractivity contribution < 1.29 is 22.3 Å². The minimum Gasteiger partial charge on any atom is -0.462 e. The van der Waals surface area contributed by atoms with E-state index in [4.69, 9.17) is 9.88 Å². The largest absolute Gasteiger partial charge is 0.462 e. The molecule has 19 heavy (non-hydrogen) atoms. The molecule has 0 spiro atoms. The lowest BCUT2D eigenvalue weighted by molar-refractivity contribution is 0.0453. The highest BCUT2D eigenvalue weighted by Gasteiger charge is 2.23. The molecule has 5 nitrogen and oxygen atoms in total. The number of sulfonamides is 1. The third-order valence-corrected chi connectivity index (χ3v) is 3.45. The molecular weight excluding hydrogens is 341 g/mol. The second-order valence-corrected chi connectivity index (χ2v) is 6.75. The lowest BCUT2D eigenvalue weighted by Crippen LogP contribution is -2.18. The van der Waals surface area contributed by atoms with Gasteiger partial charge in [0.2, 0.25) is 10.0 Å². The number of esters is 1. The highest BCUT2D eigenvalue weighted by Crippen LogP contribution is 2.24. The summed E-state index contributed by atoms with van der Waals surface area (Å²) in [7, 11) is -4.26. The molecule has 0 fully saturated rings. The van der Waals surface area contributed by atoms with Crippen LogP contribution in [0.3, 0.4) is 0 Å². The van der Waals surface area contributed by atoms with Gasteiger partial charge in [-0.25, -0.2) is 22.7 Å². The molecule has 1 aromatic carbocycles. The SMILES string of the molecule is CC(C)COC(=O)c1cc(Br)cc(S(N)(=O)=O)c1F. The summed E-state index contributed by atoms with van der Waals surface area (Å²) in [6.07, 6.45) is 0. The van der Waals surface area contributed by atoms with E-state index in [1.807, 2.05) is 13.8 Å². The molecule has 0 atom stereocenters. The van der Waals surface area contributed by atoms with Crippen LogP contribution in [-0.2, 0) is 14.8 Å². The van der Waals surface area contributed by atoms with Gasteiger partial charge in [0, 0.05) is 4.47 Å². The Morgan fingerprint density at radius 3 is 2.53 bits per heavy atom. The number of nitrogens with two attached hydrogens (primary N) is 1. The zero-order valence-electron chi connectivity index (χ0n) is 10.3. The van der Waals surface area contributed by atoms with Gasteiger partial charge in [0.1, 0.15) is 4.90 Å². The number of rotatable bonds is 4. The molecule has 0 radical (unpaired) electrons. The van der Waals surface area contributed by atoms with Gasteiger partial charge in [-0.2, -0.15) is 0 Å². The number of halogens is 2. The summed E-state index contributed by atoms with van der Waals surface area (Å²) in [5.41, 5.74) is -0.473. The fraction of sp³-hybridized carbons (Fsp3) is 0.364. The quantitative estimate of drug-likeness (QED) is 0.839. The van der Waals surface area contributed by atoms with Crippen molar-refractivity contribution >= 4 is 31.9 Å². The van der Waals surface area contributed by atoms with Crippen molar-refractivity contribution in [2.24, 2.45) is 11.1 Å². The minimum absolute atomic E-state index is 0.0804. The summed E-state index contributed by atoms with van der Waals surface area (Å²) in [6.45, 7) is 3.75. The van der Waals surface area contributed by atoms with Gasteiger partial charge in [0.05, 0.1) is 12.2 Å². The Labute approximate surface area is 119 Å². The molecule has 1 rings (SSSR count). The van der Waals surface area contributed by atoms with E-state index in [-0.39, 0.29) is 17.0 Å². The number of benzene rings is 1. The maximum absolute atomic E-state index is 13.9. The Morgan fingerprint density at radius 2 is 2.05 bits per heavy atom. The molecule has 0 aliphatic carbocycles. The summed E-state index contributed by atoms with van der Waals surface area (Å²) in [5, 5.41) is 4.88. The molecule has 0 aromatic heterocycles. The Hall–Kier alpha value is -0.990. The molecule has 0 aliphatic heterocycles. The zero-order valence-corrected chi connectivity index (χ0v) is 12.7. The summed E-state index contributed by atoms with van der Waals surface area (Å²) >= 11 is 2.99. The van der Waals surface area contributed by atoms with Gasteiger partial charge in [-0.05, 0) is 18.1 Å². The van der Waals surface area contributed by atoms with Crippen molar-refractivity contribution in [2.75, 3.05) is 6.61 Å². The van der Waals surface area contributed by atoms with Gasteiger partial charge >= 0.3 is 5.97 Å². The minimum atomic E-state index is -4.26. The molecule has 8 heteroatoms. The highest BCUT2D eigenvalue weighted by molar-refractivity contribution is 9.10. The van der Waals surface area contributed by atoms with Crippen LogP contribution in [0.4, 0.5) is 4.39 Å². The maximum Gasteiger partial charge on any atom is 0.341 e. The van der Waals surface area contributed by atoms with Crippen LogP contribution in [0.25, 0.3) is 0 Å². The molecule has 0 unspecified atom stereocenters. The fourth-order valence-corrected chi connectivity index (χ4v) is 2.50. The molecule has 2 N–H and O–H groups in total. The van der Waals surface area contributed by atoms with E-state index >= 15 is 0 Å². The number of carbonyl (C=O) groups excluding carboxylic acids is 1. The van der Waals surface area contributed by atoms with Crippen LogP contribution < -0.4 is 5.14 Å². The topological polar surface area (TPSA) is 86.5 Å². The van der Waals surface area contributed by atoms with Crippen molar-refractivity contribution in [3.8, 4) is 0 Å². The first-order valence-corrected chi connectivity index (χ1v) is 7.66. The van der Waals surface area contributed by atoms with Crippen LogP contribution in [-0.4, -0.2) is 21.0 Å². The number of ether oxygens (including phenoxy) is 1. The molecular formula is C11H13BrFNO4S. The molecule has 0 saturated heterocycles. The number of primary sulfonamides is 1. The van der Waals surface area contributed by atoms with Crippen LogP contribution in [0.5, 0.6) is 0 Å². The first-order valence-electron chi connectivity index (χ1n) is 5.32. The molecule has 1 aromatic rings. The van der Waals surface area contributed by atoms with E-state index in [1.165, 1.54) is 0 Å². The van der Waals surface area contributed by atoms with Crippen molar-refractivity contribution in [3.63, 3.8) is 0 Å². The van der Waals surface area contributed by atoms with E-state index in [0.29, 0.717) is 0 Å². The van der Waals surface area contributed by atoms with Crippen LogP contribution in [0, 0.1) is 11.7 Å². The summed E-state index contributed by atoms with van der Waals surface area (Å²) < 4.78 is 41.4. The Morgan fingerprint density at radius 1 is 1.47 bits per heavy atom. The van der Waals surface area contributed by atoms with Crippen LogP contribution in [0.15, 0.2) is 21.5 Å². The summed E-state index contributed by atoms with van der Waals surface area (Å²) in [5.74, 6) is -2.06. The third-order valence-electron chi connectivity index (χ3n) is 2.08. The van der Waals surface area contributed by atoms with Crippen molar-refractivity contribution in [3.05, 3.63) is 28.0 Å². The number of hydrogen-bond acceptors (Lipinski definition) is 4. The van der Waals surface area contributed by atoms with Gasteiger partial charge in [0.25, 0.3) is 0 Å². The third kappa shape index (κ3) is 4.26. The molecule has 0 amide bonds. The maximum atomic E-state index is 13.9. The Bertz CT molecular complexity index is 601. The standard InChI is InChI=1S/C11H13BrFNO4S/c1-6(2)5-18-11(15)8-3-7(12)4-9(10(8)13)19(14,16)17/h3-4,6H,5H2,1-2H3,(H2,14,16,17). The van der Waals surface area contributed by atoms with E-state index in [9.17, 15) is 17.6 Å². The summed E-state index contributed by atoms with van der Waals surface area (Å²) in [4.78, 5) is 10.9. The fourth-order valence-electron chi connectivity index (χ4n) is 1.24. The predicted molar refractivity (Wildman–Crippen MR) is 70.6 cm³/mol. The van der Waals surface area contributed by atoms with E-state index in [2.05, 4.69) is 15.9 Å². The molecule has 0 saturated carbocycles. The van der Waals surface area contributed by atoms with Gasteiger partial charge in [-0.1, -0.05) is 29.8 Å². The highest BCUT2D eigenvalue weighted by atomic mass is 79.9. The lowest BCUT2D eigenvalue weighted by atomic mass is 10.2. The van der Waals surface area contributed by atoms with Gasteiger partial charge < -0.3 is 4.74 Å². The van der Waals surface area contributed by atoms with Crippen LogP contribution in [0.1, 0.15) is 24.2 Å². The van der Waals surface area contributed by atoms with Crippen LogP contribution in [0.2, 0.25) is 0 Å². The molecule has 0 heterocycles. The van der Waals surface area contributed by atoms with Crippen molar-refractivity contribution in [1.29, 1.82) is 0 Å². The predicted octanol–water partition coefficient (Wildman–Crippen LogP) is 2.05. The second kappa shape index (κ2) is 5.98. The molecule has 106 valence electrons. The van der Waals surface area contributed by atoms with Gasteiger partial charge in [0.15, 0.2) is 5.82 Å². The van der Waals surface area contributed by atoms with Crippen LogP contribution >= 0.6 is 15.9 Å². The van der Waals surface area contributed by atoms with Crippen molar-refractivity contribution in [1.82, 2.24) is 0 Å². The smallest absolute Gasteiger partial charge is 0.341 e. The average molecular weight is 354 g/mol. The monoisotopic (exact) mass is 353 g/mol. The lowest BCUT2D eigenvalue weighted by Gasteiger charge is -2.10. The number of carbonyl (C=O) groups is 1. The molecule has 0 aliphatic rings. The Balaban J connectivity index is 3.22. The van der Waals surface area contributed by atoms with Gasteiger partial charge in [-0.15, -0.1) is 0 Å². The average Bonchev–Trinajstić information content (AvgIpc) is 2.27. The summed E-state index contributed by atoms with van der Waals surface area (Å²) in [6, 6.07) is 2.14. The van der Waals surface area contributed by atoms with Gasteiger partial charge in [-0.3, -0.25) is 0 Å². The van der Waals surface area contributed by atoms with E-state index < -0.39 is 32.3 Å². The first-order chi connectivity index (χ1) is 8.62. The Kier molecular flexibility index (Phi) is 5.05. The number of hydrogen-bond donors (Lipinski definition) is 1. The first kappa shape index (κ1) is 16.1. The normalized spacial score (nSPS) is 11.7. The zero-order chi connectivity index (χ0) is 14.8. The van der Waals surface area contributed by atoms with E-state index in [0.717, 1.165) is 12.1 Å².